The van der Waals surface area contributed by atoms with Gasteiger partial charge in [-0.1, -0.05) is 24.3 Å². The molecule has 252 valence electrons. The van der Waals surface area contributed by atoms with Gasteiger partial charge in [0, 0.05) is 6.08 Å². The molecule has 0 saturated carbocycles. The van der Waals surface area contributed by atoms with Crippen LogP contribution in [0.15, 0.2) is 85.5 Å². The van der Waals surface area contributed by atoms with Gasteiger partial charge in [0.25, 0.3) is 0 Å². The SMILES string of the molecule is C=CC(=O)OCCCCCCOc1ccc(C(=O)Oc2ccc(C(=O)O[C@H]3COC4C3OC[C@H]4OC(=O)c3ccc(C)cc3)cc2)cc1. The number of ether oxygens (including phenoxy) is 7. The standard InChI is InChI=1S/C37H38O11/c1-3-32(38)43-21-7-5-4-6-20-42-28-16-12-26(13-17-28)35(39)46-29-18-14-27(15-19-29)37(41)48-31-23-45-33-30(22-44-34(31)33)47-36(40)25-10-8-24(2)9-11-25/h3,8-19,30-31,33-34H,1,4-7,20-23H2,2H3/t30-,31+,33?,34?/m1/s1. The molecule has 48 heavy (non-hydrogen) atoms. The van der Waals surface area contributed by atoms with Gasteiger partial charge in [-0.15, -0.1) is 0 Å². The van der Waals surface area contributed by atoms with Gasteiger partial charge in [-0.2, -0.15) is 0 Å². The lowest BCUT2D eigenvalue weighted by Crippen LogP contribution is -2.36. The minimum Gasteiger partial charge on any atom is -0.494 e. The Hall–Kier alpha value is -5.00. The van der Waals surface area contributed by atoms with Crippen molar-refractivity contribution in [3.05, 3.63) is 108 Å². The first-order valence-corrected chi connectivity index (χ1v) is 15.9. The fourth-order valence-corrected chi connectivity index (χ4v) is 5.22. The normalized spacial score (nSPS) is 19.5. The summed E-state index contributed by atoms with van der Waals surface area (Å²) in [5, 5.41) is 0. The number of esters is 4. The van der Waals surface area contributed by atoms with E-state index in [-0.39, 0.29) is 24.5 Å². The van der Waals surface area contributed by atoms with E-state index in [1.54, 1.807) is 36.4 Å². The van der Waals surface area contributed by atoms with Crippen LogP contribution in [0, 0.1) is 6.92 Å². The molecule has 0 aliphatic carbocycles. The van der Waals surface area contributed by atoms with Crippen LogP contribution in [0.3, 0.4) is 0 Å². The maximum absolute atomic E-state index is 12.9. The van der Waals surface area contributed by atoms with Gasteiger partial charge in [0.1, 0.15) is 23.7 Å². The van der Waals surface area contributed by atoms with Gasteiger partial charge < -0.3 is 33.2 Å². The fraction of sp³-hybridized carbons (Fsp3) is 0.351. The van der Waals surface area contributed by atoms with Gasteiger partial charge in [0.15, 0.2) is 12.2 Å². The second kappa shape index (κ2) is 16.7. The smallest absolute Gasteiger partial charge is 0.343 e. The van der Waals surface area contributed by atoms with Gasteiger partial charge in [-0.25, -0.2) is 19.2 Å². The molecule has 2 saturated heterocycles. The molecule has 2 heterocycles. The van der Waals surface area contributed by atoms with E-state index < -0.39 is 48.3 Å². The fourth-order valence-electron chi connectivity index (χ4n) is 5.22. The van der Waals surface area contributed by atoms with Crippen LogP contribution < -0.4 is 9.47 Å². The van der Waals surface area contributed by atoms with E-state index in [1.165, 1.54) is 24.3 Å². The monoisotopic (exact) mass is 658 g/mol. The van der Waals surface area contributed by atoms with Crippen molar-refractivity contribution < 1.29 is 52.3 Å². The van der Waals surface area contributed by atoms with Crippen LogP contribution in [-0.2, 0) is 28.5 Å². The van der Waals surface area contributed by atoms with Crippen LogP contribution >= 0.6 is 0 Å². The predicted octanol–water partition coefficient (Wildman–Crippen LogP) is 5.43. The van der Waals surface area contributed by atoms with Gasteiger partial charge >= 0.3 is 23.9 Å². The number of hydrogen-bond donors (Lipinski definition) is 0. The van der Waals surface area contributed by atoms with Gasteiger partial charge in [-0.3, -0.25) is 0 Å². The molecule has 0 radical (unpaired) electrons. The lowest BCUT2D eigenvalue weighted by Gasteiger charge is -2.17. The molecule has 0 bridgehead atoms. The topological polar surface area (TPSA) is 133 Å². The number of unbranched alkanes of at least 4 members (excludes halogenated alkanes) is 3. The molecule has 2 fully saturated rings. The second-order valence-electron chi connectivity index (χ2n) is 11.4. The Kier molecular flexibility index (Phi) is 12.0. The van der Waals surface area contributed by atoms with Crippen LogP contribution in [0.4, 0.5) is 0 Å². The molecule has 11 nitrogen and oxygen atoms in total. The Morgan fingerprint density at radius 2 is 1.15 bits per heavy atom. The first kappa shape index (κ1) is 34.3. The molecule has 3 aromatic carbocycles. The average molecular weight is 659 g/mol. The third-order valence-corrected chi connectivity index (χ3v) is 7.88. The molecule has 3 aromatic rings. The third kappa shape index (κ3) is 9.30. The van der Waals surface area contributed by atoms with Crippen LogP contribution in [0.1, 0.15) is 62.3 Å². The van der Waals surface area contributed by atoms with E-state index >= 15 is 0 Å². The zero-order valence-electron chi connectivity index (χ0n) is 26.7. The summed E-state index contributed by atoms with van der Waals surface area (Å²) in [6.07, 6.45) is 2.24. The minimum absolute atomic E-state index is 0.107. The highest BCUT2D eigenvalue weighted by Crippen LogP contribution is 2.31. The highest BCUT2D eigenvalue weighted by molar-refractivity contribution is 5.92. The van der Waals surface area contributed by atoms with Crippen LogP contribution in [0.2, 0.25) is 0 Å². The molecule has 0 N–H and O–H groups in total. The molecule has 11 heteroatoms. The second-order valence-corrected chi connectivity index (χ2v) is 11.4. The maximum Gasteiger partial charge on any atom is 0.343 e. The molecule has 0 amide bonds. The molecule has 2 aliphatic rings. The Balaban J connectivity index is 1.02. The number of hydrogen-bond acceptors (Lipinski definition) is 11. The molecule has 0 aromatic heterocycles. The quantitative estimate of drug-likeness (QED) is 0.0681. The summed E-state index contributed by atoms with van der Waals surface area (Å²) in [5.41, 5.74) is 2.07. The summed E-state index contributed by atoms with van der Waals surface area (Å²) in [7, 11) is 0. The van der Waals surface area contributed by atoms with Gasteiger partial charge in [0.05, 0.1) is 43.1 Å². The van der Waals surface area contributed by atoms with Crippen LogP contribution in [0.25, 0.3) is 0 Å². The van der Waals surface area contributed by atoms with Crippen LogP contribution in [0.5, 0.6) is 11.5 Å². The van der Waals surface area contributed by atoms with Crippen LogP contribution in [-0.4, -0.2) is 74.7 Å². The zero-order chi connectivity index (χ0) is 33.9. The summed E-state index contributed by atoms with van der Waals surface area (Å²) < 4.78 is 39.0. The van der Waals surface area contributed by atoms with E-state index in [4.69, 9.17) is 33.2 Å². The number of carbonyl (C=O) groups is 4. The van der Waals surface area contributed by atoms with E-state index in [9.17, 15) is 19.2 Å². The third-order valence-electron chi connectivity index (χ3n) is 7.88. The highest BCUT2D eigenvalue weighted by atomic mass is 16.7. The van der Waals surface area contributed by atoms with Gasteiger partial charge in [0.2, 0.25) is 0 Å². The summed E-state index contributed by atoms with van der Waals surface area (Å²) in [4.78, 5) is 49.1. The van der Waals surface area contributed by atoms with Crippen molar-refractivity contribution in [1.82, 2.24) is 0 Å². The number of aryl methyl sites for hydroxylation is 1. The van der Waals surface area contributed by atoms with Crippen molar-refractivity contribution in [2.75, 3.05) is 26.4 Å². The zero-order valence-corrected chi connectivity index (χ0v) is 26.7. The molecule has 0 spiro atoms. The van der Waals surface area contributed by atoms with Gasteiger partial charge in [-0.05, 0) is 93.3 Å². The van der Waals surface area contributed by atoms with Crippen molar-refractivity contribution in [3.63, 3.8) is 0 Å². The molecule has 2 aliphatic heterocycles. The number of carbonyl (C=O) groups excluding carboxylic acids is 4. The number of rotatable bonds is 15. The van der Waals surface area contributed by atoms with Crippen molar-refractivity contribution in [2.24, 2.45) is 0 Å². The molecular formula is C37H38O11. The minimum atomic E-state index is -0.671. The van der Waals surface area contributed by atoms with E-state index in [0.717, 1.165) is 37.3 Å². The Bertz CT molecular complexity index is 1560. The lowest BCUT2D eigenvalue weighted by atomic mass is 10.1. The average Bonchev–Trinajstić information content (AvgIpc) is 3.69. The van der Waals surface area contributed by atoms with E-state index in [2.05, 4.69) is 6.58 Å². The maximum atomic E-state index is 12.9. The first-order valence-electron chi connectivity index (χ1n) is 15.9. The Morgan fingerprint density at radius 1 is 0.667 bits per heavy atom. The lowest BCUT2D eigenvalue weighted by molar-refractivity contribution is -0.137. The molecule has 5 rings (SSSR count). The molecule has 4 atom stereocenters. The van der Waals surface area contributed by atoms with Crippen molar-refractivity contribution in [3.8, 4) is 11.5 Å². The number of fused-ring (bicyclic) bond motifs is 1. The predicted molar refractivity (Wildman–Crippen MR) is 172 cm³/mol. The largest absolute Gasteiger partial charge is 0.494 e. The summed E-state index contributed by atoms with van der Waals surface area (Å²) in [5.74, 6) is -1.13. The summed E-state index contributed by atoms with van der Waals surface area (Å²) >= 11 is 0. The highest BCUT2D eigenvalue weighted by Gasteiger charge is 2.51. The van der Waals surface area contributed by atoms with Crippen molar-refractivity contribution in [1.29, 1.82) is 0 Å². The Labute approximate surface area is 278 Å². The first-order chi connectivity index (χ1) is 23.3. The van der Waals surface area contributed by atoms with E-state index in [1.807, 2.05) is 19.1 Å². The Morgan fingerprint density at radius 3 is 1.69 bits per heavy atom. The van der Waals surface area contributed by atoms with Crippen molar-refractivity contribution >= 4 is 23.9 Å². The van der Waals surface area contributed by atoms with Crippen molar-refractivity contribution in [2.45, 2.75) is 57.0 Å². The molecular weight excluding hydrogens is 620 g/mol. The molecule has 2 unspecified atom stereocenters. The van der Waals surface area contributed by atoms with E-state index in [0.29, 0.717) is 30.1 Å². The summed E-state index contributed by atoms with van der Waals surface area (Å²) in [6.45, 7) is 6.44. The number of benzene rings is 3. The summed E-state index contributed by atoms with van der Waals surface area (Å²) in [6, 6.07) is 19.7.